The summed E-state index contributed by atoms with van der Waals surface area (Å²) in [5.74, 6) is 1.03. The van der Waals surface area contributed by atoms with Crippen LogP contribution in [0, 0.1) is 5.41 Å². The van der Waals surface area contributed by atoms with Gasteiger partial charge in [-0.1, -0.05) is 31.9 Å². The fraction of sp³-hybridized carbons (Fsp3) is 0.650. The number of amides is 1. The van der Waals surface area contributed by atoms with Crippen LogP contribution in [0.25, 0.3) is 0 Å². The predicted molar refractivity (Wildman–Crippen MR) is 96.4 cm³/mol. The number of rotatable bonds is 5. The fourth-order valence-electron chi connectivity index (χ4n) is 4.22. The van der Waals surface area contributed by atoms with Crippen LogP contribution in [-0.2, 0) is 10.2 Å². The maximum Gasteiger partial charge on any atom is 0.230 e. The monoisotopic (exact) mass is 330 g/mol. The summed E-state index contributed by atoms with van der Waals surface area (Å²) in [6, 6.07) is 8.06. The van der Waals surface area contributed by atoms with Gasteiger partial charge >= 0.3 is 0 Å². The van der Waals surface area contributed by atoms with Gasteiger partial charge in [-0.3, -0.25) is 4.79 Å². The Hall–Kier alpha value is -1.55. The molecular weight excluding hydrogens is 300 g/mol. The van der Waals surface area contributed by atoms with Crippen molar-refractivity contribution < 1.29 is 9.53 Å². The van der Waals surface area contributed by atoms with Crippen LogP contribution in [0.5, 0.6) is 5.75 Å². The molecule has 1 aromatic rings. The van der Waals surface area contributed by atoms with Crippen molar-refractivity contribution in [2.75, 3.05) is 26.7 Å². The van der Waals surface area contributed by atoms with Crippen LogP contribution in [0.3, 0.4) is 0 Å². The number of hydrogen-bond donors (Lipinski definition) is 2. The summed E-state index contributed by atoms with van der Waals surface area (Å²) < 4.78 is 5.37. The first kappa shape index (κ1) is 17.3. The van der Waals surface area contributed by atoms with E-state index in [-0.39, 0.29) is 16.7 Å². The molecule has 1 aliphatic carbocycles. The first-order chi connectivity index (χ1) is 11.6. The van der Waals surface area contributed by atoms with Crippen molar-refractivity contribution in [2.24, 2.45) is 5.41 Å². The van der Waals surface area contributed by atoms with E-state index in [0.717, 1.165) is 69.5 Å². The summed E-state index contributed by atoms with van der Waals surface area (Å²) in [4.78, 5) is 13.2. The van der Waals surface area contributed by atoms with E-state index in [1.54, 1.807) is 7.11 Å². The lowest BCUT2D eigenvalue weighted by atomic mass is 9.76. The van der Waals surface area contributed by atoms with Crippen molar-refractivity contribution >= 4 is 5.91 Å². The highest BCUT2D eigenvalue weighted by atomic mass is 16.5. The fourth-order valence-corrected chi connectivity index (χ4v) is 4.22. The number of carbonyl (C=O) groups is 1. The number of carbonyl (C=O) groups excluding carboxylic acids is 1. The van der Waals surface area contributed by atoms with E-state index >= 15 is 0 Å². The number of methoxy groups -OCH3 is 1. The number of benzene rings is 1. The molecule has 0 atom stereocenters. The summed E-state index contributed by atoms with van der Waals surface area (Å²) in [5.41, 5.74) is 0.944. The molecule has 0 aromatic heterocycles. The van der Waals surface area contributed by atoms with Gasteiger partial charge in [-0.2, -0.15) is 0 Å². The Morgan fingerprint density at radius 2 is 1.92 bits per heavy atom. The maximum absolute atomic E-state index is 13.2. The Morgan fingerprint density at radius 3 is 2.58 bits per heavy atom. The van der Waals surface area contributed by atoms with Crippen molar-refractivity contribution in [1.82, 2.24) is 10.6 Å². The van der Waals surface area contributed by atoms with Gasteiger partial charge in [-0.25, -0.2) is 0 Å². The summed E-state index contributed by atoms with van der Waals surface area (Å²) >= 11 is 0. The molecule has 0 spiro atoms. The molecule has 3 rings (SSSR count). The molecule has 2 aliphatic rings. The zero-order chi connectivity index (χ0) is 17.0. The van der Waals surface area contributed by atoms with Crippen molar-refractivity contribution in [3.05, 3.63) is 29.8 Å². The third-order valence-corrected chi connectivity index (χ3v) is 6.00. The molecule has 132 valence electrons. The normalized spacial score (nSPS) is 22.1. The molecule has 1 aromatic carbocycles. The van der Waals surface area contributed by atoms with E-state index in [0.29, 0.717) is 0 Å². The minimum Gasteiger partial charge on any atom is -0.497 e. The first-order valence-electron chi connectivity index (χ1n) is 9.22. The minimum atomic E-state index is -0.377. The SMILES string of the molecule is COc1cccc(C2(C(=O)NCC3(C)CCNCC3)CCCC2)c1. The topological polar surface area (TPSA) is 50.4 Å². The number of hydrogen-bond acceptors (Lipinski definition) is 3. The van der Waals surface area contributed by atoms with Gasteiger partial charge in [0.25, 0.3) is 0 Å². The highest BCUT2D eigenvalue weighted by molar-refractivity contribution is 5.88. The lowest BCUT2D eigenvalue weighted by Gasteiger charge is -2.36. The lowest BCUT2D eigenvalue weighted by molar-refractivity contribution is -0.127. The van der Waals surface area contributed by atoms with Crippen LogP contribution < -0.4 is 15.4 Å². The molecular formula is C20H30N2O2. The summed E-state index contributed by atoms with van der Waals surface area (Å²) in [5, 5.41) is 6.71. The average molecular weight is 330 g/mol. The largest absolute Gasteiger partial charge is 0.497 e. The summed E-state index contributed by atoms with van der Waals surface area (Å²) in [7, 11) is 1.68. The van der Waals surface area contributed by atoms with Gasteiger partial charge in [-0.05, 0) is 61.9 Å². The van der Waals surface area contributed by atoms with Gasteiger partial charge in [0.1, 0.15) is 5.75 Å². The molecule has 1 saturated carbocycles. The molecule has 1 aliphatic heterocycles. The van der Waals surface area contributed by atoms with E-state index in [1.807, 2.05) is 18.2 Å². The molecule has 1 amide bonds. The van der Waals surface area contributed by atoms with Gasteiger partial charge in [0.15, 0.2) is 0 Å². The van der Waals surface area contributed by atoms with Crippen molar-refractivity contribution in [2.45, 2.75) is 50.9 Å². The molecule has 2 fully saturated rings. The van der Waals surface area contributed by atoms with Crippen LogP contribution in [0.1, 0.15) is 51.0 Å². The Bertz CT molecular complexity index is 573. The van der Waals surface area contributed by atoms with Crippen molar-refractivity contribution in [3.63, 3.8) is 0 Å². The number of nitrogens with one attached hydrogen (secondary N) is 2. The Morgan fingerprint density at radius 1 is 1.21 bits per heavy atom. The smallest absolute Gasteiger partial charge is 0.230 e. The first-order valence-corrected chi connectivity index (χ1v) is 9.22. The number of ether oxygens (including phenoxy) is 1. The average Bonchev–Trinajstić information content (AvgIpc) is 3.11. The number of piperidine rings is 1. The van der Waals surface area contributed by atoms with Gasteiger partial charge in [-0.15, -0.1) is 0 Å². The quantitative estimate of drug-likeness (QED) is 0.872. The molecule has 0 bridgehead atoms. The molecule has 4 heteroatoms. The molecule has 2 N–H and O–H groups in total. The molecule has 0 radical (unpaired) electrons. The van der Waals surface area contributed by atoms with Crippen LogP contribution in [0.15, 0.2) is 24.3 Å². The zero-order valence-corrected chi connectivity index (χ0v) is 15.0. The van der Waals surface area contributed by atoms with E-state index < -0.39 is 0 Å². The van der Waals surface area contributed by atoms with Crippen molar-refractivity contribution in [1.29, 1.82) is 0 Å². The van der Waals surface area contributed by atoms with Crippen LogP contribution in [0.2, 0.25) is 0 Å². The predicted octanol–water partition coefficient (Wildman–Crippen LogP) is 3.01. The highest BCUT2D eigenvalue weighted by Crippen LogP contribution is 2.42. The van der Waals surface area contributed by atoms with E-state index in [2.05, 4.69) is 23.6 Å². The van der Waals surface area contributed by atoms with Gasteiger partial charge in [0.2, 0.25) is 5.91 Å². The Labute approximate surface area is 145 Å². The van der Waals surface area contributed by atoms with E-state index in [4.69, 9.17) is 4.74 Å². The summed E-state index contributed by atoms with van der Waals surface area (Å²) in [6.45, 7) is 5.17. The molecule has 0 unspecified atom stereocenters. The van der Waals surface area contributed by atoms with Crippen LogP contribution >= 0.6 is 0 Å². The Balaban J connectivity index is 1.75. The van der Waals surface area contributed by atoms with Crippen LogP contribution in [-0.4, -0.2) is 32.7 Å². The zero-order valence-electron chi connectivity index (χ0n) is 15.0. The second-order valence-corrected chi connectivity index (χ2v) is 7.76. The third kappa shape index (κ3) is 3.44. The standard InChI is InChI=1S/C20H30N2O2/c1-19(10-12-21-13-11-19)15-22-18(23)20(8-3-4-9-20)16-6-5-7-17(14-16)24-2/h5-7,14,21H,3-4,8-13,15H2,1-2H3,(H,22,23). The van der Waals surface area contributed by atoms with Gasteiger partial charge in [0.05, 0.1) is 12.5 Å². The molecule has 4 nitrogen and oxygen atoms in total. The van der Waals surface area contributed by atoms with E-state index in [9.17, 15) is 4.79 Å². The van der Waals surface area contributed by atoms with Crippen LogP contribution in [0.4, 0.5) is 0 Å². The maximum atomic E-state index is 13.2. The third-order valence-electron chi connectivity index (χ3n) is 6.00. The van der Waals surface area contributed by atoms with Gasteiger partial charge < -0.3 is 15.4 Å². The second kappa shape index (κ2) is 7.14. The molecule has 1 heterocycles. The molecule has 24 heavy (non-hydrogen) atoms. The Kier molecular flexibility index (Phi) is 5.14. The van der Waals surface area contributed by atoms with Gasteiger partial charge in [0, 0.05) is 6.54 Å². The van der Waals surface area contributed by atoms with Crippen molar-refractivity contribution in [3.8, 4) is 5.75 Å². The molecule has 1 saturated heterocycles. The van der Waals surface area contributed by atoms with E-state index in [1.165, 1.54) is 0 Å². The highest BCUT2D eigenvalue weighted by Gasteiger charge is 2.43. The second-order valence-electron chi connectivity index (χ2n) is 7.76. The minimum absolute atomic E-state index is 0.202. The lowest BCUT2D eigenvalue weighted by Crippen LogP contribution is -2.48. The summed E-state index contributed by atoms with van der Waals surface area (Å²) in [6.07, 6.45) is 6.35.